The average molecular weight is 286 g/mol. The van der Waals surface area contributed by atoms with E-state index in [1.165, 1.54) is 6.20 Å². The Balaban J connectivity index is 1.69. The molecule has 19 heavy (non-hydrogen) atoms. The second kappa shape index (κ2) is 4.41. The van der Waals surface area contributed by atoms with E-state index < -0.39 is 5.92 Å². The van der Waals surface area contributed by atoms with Crippen molar-refractivity contribution in [2.75, 3.05) is 5.32 Å². The summed E-state index contributed by atoms with van der Waals surface area (Å²) in [5.41, 5.74) is 0.702. The highest BCUT2D eigenvalue weighted by Crippen LogP contribution is 2.47. The molecule has 1 aliphatic rings. The number of H-pyrrole nitrogens is 1. The summed E-state index contributed by atoms with van der Waals surface area (Å²) in [6.45, 7) is 0. The lowest BCUT2D eigenvalue weighted by molar-refractivity contribution is -0.0876. The first kappa shape index (κ1) is 12.3. The number of aromatic nitrogens is 4. The second-order valence-electron chi connectivity index (χ2n) is 4.51. The Morgan fingerprint density at radius 2 is 2.16 bits per heavy atom. The van der Waals surface area contributed by atoms with E-state index in [1.807, 2.05) is 0 Å². The Morgan fingerprint density at radius 1 is 1.37 bits per heavy atom. The average Bonchev–Trinajstić information content (AvgIpc) is 2.74. The van der Waals surface area contributed by atoms with Crippen LogP contribution in [-0.4, -0.2) is 26.1 Å². The zero-order valence-corrected chi connectivity index (χ0v) is 10.5. The molecule has 5 nitrogen and oxygen atoms in total. The Morgan fingerprint density at radius 3 is 2.84 bits per heavy atom. The molecule has 2 N–H and O–H groups in total. The van der Waals surface area contributed by atoms with Gasteiger partial charge in [-0.2, -0.15) is 5.10 Å². The number of aromatic amines is 1. The van der Waals surface area contributed by atoms with E-state index in [9.17, 15) is 8.78 Å². The lowest BCUT2D eigenvalue weighted by atomic mass is 9.79. The number of anilines is 2. The normalized spacial score (nSPS) is 18.1. The van der Waals surface area contributed by atoms with Crippen LogP contribution >= 0.6 is 11.6 Å². The van der Waals surface area contributed by atoms with Crippen LogP contribution in [0.15, 0.2) is 18.3 Å². The highest BCUT2D eigenvalue weighted by Gasteiger charge is 2.46. The maximum absolute atomic E-state index is 12.8. The number of alkyl halides is 2. The van der Waals surface area contributed by atoms with Crippen LogP contribution in [0.25, 0.3) is 0 Å². The summed E-state index contributed by atoms with van der Waals surface area (Å²) in [6.07, 6.45) is 1.25. The third-order valence-corrected chi connectivity index (χ3v) is 3.19. The van der Waals surface area contributed by atoms with Crippen molar-refractivity contribution in [3.63, 3.8) is 0 Å². The Kier molecular flexibility index (Phi) is 2.85. The smallest absolute Gasteiger partial charge is 0.249 e. The van der Waals surface area contributed by atoms with E-state index in [0.29, 0.717) is 17.3 Å². The van der Waals surface area contributed by atoms with E-state index in [1.54, 1.807) is 12.1 Å². The minimum Gasteiger partial charge on any atom is -0.323 e. The van der Waals surface area contributed by atoms with Gasteiger partial charge in [-0.1, -0.05) is 0 Å². The van der Waals surface area contributed by atoms with Crippen LogP contribution < -0.4 is 5.32 Å². The molecular formula is C11H10ClF2N5. The summed E-state index contributed by atoms with van der Waals surface area (Å²) >= 11 is 5.66. The van der Waals surface area contributed by atoms with Crippen LogP contribution in [0.5, 0.6) is 0 Å². The van der Waals surface area contributed by atoms with E-state index in [-0.39, 0.29) is 24.0 Å². The molecule has 2 heterocycles. The van der Waals surface area contributed by atoms with E-state index in [2.05, 4.69) is 25.5 Å². The highest BCUT2D eigenvalue weighted by molar-refractivity contribution is 6.28. The maximum Gasteiger partial charge on any atom is 0.249 e. The maximum atomic E-state index is 12.8. The van der Waals surface area contributed by atoms with Crippen LogP contribution in [0, 0.1) is 0 Å². The molecule has 2 aromatic rings. The van der Waals surface area contributed by atoms with Crippen LogP contribution in [-0.2, 0) is 0 Å². The van der Waals surface area contributed by atoms with Gasteiger partial charge in [0.2, 0.25) is 11.2 Å². The van der Waals surface area contributed by atoms with Gasteiger partial charge in [0.15, 0.2) is 5.82 Å². The second-order valence-corrected chi connectivity index (χ2v) is 4.84. The van der Waals surface area contributed by atoms with Gasteiger partial charge in [-0.15, -0.1) is 0 Å². The molecule has 1 fully saturated rings. The molecule has 100 valence electrons. The molecule has 0 saturated heterocycles. The third kappa shape index (κ3) is 2.65. The monoisotopic (exact) mass is 285 g/mol. The molecule has 0 radical (unpaired) electrons. The minimum absolute atomic E-state index is 0.124. The van der Waals surface area contributed by atoms with Gasteiger partial charge in [0.05, 0.1) is 0 Å². The molecule has 0 unspecified atom stereocenters. The Hall–Kier alpha value is -1.76. The molecule has 0 amide bonds. The van der Waals surface area contributed by atoms with Gasteiger partial charge in [-0.25, -0.2) is 18.7 Å². The molecular weight excluding hydrogens is 276 g/mol. The number of hydrogen-bond acceptors (Lipinski definition) is 4. The first-order chi connectivity index (χ1) is 9.02. The van der Waals surface area contributed by atoms with Crippen molar-refractivity contribution in [2.24, 2.45) is 0 Å². The van der Waals surface area contributed by atoms with Gasteiger partial charge in [0, 0.05) is 36.7 Å². The molecule has 1 saturated carbocycles. The lowest BCUT2D eigenvalue weighted by Gasteiger charge is -2.33. The molecule has 0 spiro atoms. The molecule has 0 aromatic carbocycles. The van der Waals surface area contributed by atoms with Gasteiger partial charge in [0.1, 0.15) is 5.82 Å². The predicted molar refractivity (Wildman–Crippen MR) is 65.8 cm³/mol. The van der Waals surface area contributed by atoms with Gasteiger partial charge in [-0.3, -0.25) is 5.10 Å². The summed E-state index contributed by atoms with van der Waals surface area (Å²) in [4.78, 5) is 7.71. The fourth-order valence-electron chi connectivity index (χ4n) is 2.03. The fourth-order valence-corrected chi connectivity index (χ4v) is 2.17. The van der Waals surface area contributed by atoms with Crippen molar-refractivity contribution in [3.05, 3.63) is 29.3 Å². The zero-order valence-electron chi connectivity index (χ0n) is 9.70. The Bertz CT molecular complexity index is 592. The van der Waals surface area contributed by atoms with Crippen molar-refractivity contribution in [1.82, 2.24) is 20.2 Å². The standard InChI is InChI=1S/C11H10ClF2N5/c12-10-15-2-1-8(17-10)16-9-3-7(18-19-9)6-4-11(13,14)5-6/h1-3,6H,4-5H2,(H2,15,16,17,18,19). The van der Waals surface area contributed by atoms with Gasteiger partial charge in [-0.05, 0) is 17.7 Å². The van der Waals surface area contributed by atoms with Crippen molar-refractivity contribution in [3.8, 4) is 0 Å². The zero-order chi connectivity index (χ0) is 13.5. The van der Waals surface area contributed by atoms with Crippen LogP contribution in [0.1, 0.15) is 24.5 Å². The summed E-state index contributed by atoms with van der Waals surface area (Å²) in [6, 6.07) is 3.34. The molecule has 0 atom stereocenters. The van der Waals surface area contributed by atoms with E-state index in [4.69, 9.17) is 11.6 Å². The number of rotatable bonds is 3. The van der Waals surface area contributed by atoms with Crippen molar-refractivity contribution >= 4 is 23.2 Å². The first-order valence-corrected chi connectivity index (χ1v) is 6.08. The molecule has 0 bridgehead atoms. The summed E-state index contributed by atoms with van der Waals surface area (Å²) < 4.78 is 25.6. The molecule has 8 heteroatoms. The highest BCUT2D eigenvalue weighted by atomic mass is 35.5. The van der Waals surface area contributed by atoms with Crippen molar-refractivity contribution in [1.29, 1.82) is 0 Å². The molecule has 0 aliphatic heterocycles. The van der Waals surface area contributed by atoms with E-state index >= 15 is 0 Å². The summed E-state index contributed by atoms with van der Waals surface area (Å²) in [5, 5.41) is 9.81. The topological polar surface area (TPSA) is 66.5 Å². The quantitative estimate of drug-likeness (QED) is 0.851. The number of halogens is 3. The van der Waals surface area contributed by atoms with Crippen LogP contribution in [0.3, 0.4) is 0 Å². The minimum atomic E-state index is -2.54. The van der Waals surface area contributed by atoms with Crippen molar-refractivity contribution in [2.45, 2.75) is 24.7 Å². The lowest BCUT2D eigenvalue weighted by Crippen LogP contribution is -2.33. The van der Waals surface area contributed by atoms with Crippen LogP contribution in [0.2, 0.25) is 5.28 Å². The third-order valence-electron chi connectivity index (χ3n) is 3.01. The van der Waals surface area contributed by atoms with Gasteiger partial charge in [0.25, 0.3) is 0 Å². The van der Waals surface area contributed by atoms with Crippen LogP contribution in [0.4, 0.5) is 20.4 Å². The fraction of sp³-hybridized carbons (Fsp3) is 0.364. The van der Waals surface area contributed by atoms with E-state index in [0.717, 1.165) is 0 Å². The largest absolute Gasteiger partial charge is 0.323 e. The molecule has 3 rings (SSSR count). The van der Waals surface area contributed by atoms with Gasteiger partial charge < -0.3 is 5.32 Å². The number of nitrogens with zero attached hydrogens (tertiary/aromatic N) is 3. The molecule has 2 aromatic heterocycles. The molecule has 1 aliphatic carbocycles. The predicted octanol–water partition coefficient (Wildman–Crippen LogP) is 3.11. The summed E-state index contributed by atoms with van der Waals surface area (Å²) in [7, 11) is 0. The first-order valence-electron chi connectivity index (χ1n) is 5.70. The number of hydrogen-bond donors (Lipinski definition) is 2. The summed E-state index contributed by atoms with van der Waals surface area (Å²) in [5.74, 6) is -1.69. The number of nitrogens with one attached hydrogen (secondary N) is 2. The van der Waals surface area contributed by atoms with Gasteiger partial charge >= 0.3 is 0 Å². The SMILES string of the molecule is FC1(F)CC(c2cc(Nc3ccnc(Cl)n3)n[nH]2)C1. The Labute approximate surface area is 112 Å². The van der Waals surface area contributed by atoms with Crippen molar-refractivity contribution < 1.29 is 8.78 Å².